The van der Waals surface area contributed by atoms with Gasteiger partial charge in [0.15, 0.2) is 29.0 Å². The fourth-order valence-electron chi connectivity index (χ4n) is 3.48. The Kier molecular flexibility index (Phi) is 7.80. The monoisotopic (exact) mass is 488 g/mol. The quantitative estimate of drug-likeness (QED) is 0.231. The van der Waals surface area contributed by atoms with Gasteiger partial charge >= 0.3 is 0 Å². The summed E-state index contributed by atoms with van der Waals surface area (Å²) in [5, 5.41) is 0. The zero-order valence-corrected chi connectivity index (χ0v) is 19.5. The Morgan fingerprint density at radius 3 is 2.22 bits per heavy atom. The molecule has 0 radical (unpaired) electrons. The van der Waals surface area contributed by atoms with Gasteiger partial charge in [0.05, 0.1) is 6.61 Å². The van der Waals surface area contributed by atoms with Crippen LogP contribution in [0.1, 0.15) is 18.1 Å². The smallest absolute Gasteiger partial charge is 0.167 e. The van der Waals surface area contributed by atoms with Crippen LogP contribution in [0.3, 0.4) is 0 Å². The second-order valence-electron chi connectivity index (χ2n) is 7.71. The highest BCUT2D eigenvalue weighted by Gasteiger charge is 2.14. The first-order valence-electron chi connectivity index (χ1n) is 11.2. The van der Waals surface area contributed by atoms with Crippen molar-refractivity contribution in [2.75, 3.05) is 13.2 Å². The van der Waals surface area contributed by atoms with Crippen LogP contribution in [0.15, 0.2) is 79.6 Å². The summed E-state index contributed by atoms with van der Waals surface area (Å²) in [6, 6.07) is 14.3. The van der Waals surface area contributed by atoms with Gasteiger partial charge in [-0.3, -0.25) is 0 Å². The van der Waals surface area contributed by atoms with Gasteiger partial charge in [-0.25, -0.2) is 23.1 Å². The van der Waals surface area contributed by atoms with Gasteiger partial charge in [0.2, 0.25) is 0 Å². The molecule has 182 valence electrons. The van der Waals surface area contributed by atoms with E-state index >= 15 is 0 Å². The third kappa shape index (κ3) is 5.63. The zero-order valence-electron chi connectivity index (χ0n) is 19.5. The number of benzene rings is 3. The molecule has 0 aliphatic rings. The Morgan fingerprint density at radius 2 is 1.56 bits per heavy atom. The average molecular weight is 489 g/mol. The summed E-state index contributed by atoms with van der Waals surface area (Å²) in [7, 11) is 0. The van der Waals surface area contributed by atoms with Crippen molar-refractivity contribution in [2.45, 2.75) is 6.92 Å². The highest BCUT2D eigenvalue weighted by Crippen LogP contribution is 2.29. The summed E-state index contributed by atoms with van der Waals surface area (Å²) in [6.07, 6.45) is 7.58. The van der Waals surface area contributed by atoms with Crippen LogP contribution in [0.25, 0.3) is 34.7 Å². The molecule has 0 saturated heterocycles. The van der Waals surface area contributed by atoms with Crippen LogP contribution >= 0.6 is 0 Å². The molecule has 0 unspecified atom stereocenters. The van der Waals surface area contributed by atoms with Crippen molar-refractivity contribution in [3.05, 3.63) is 108 Å². The van der Waals surface area contributed by atoms with Crippen molar-refractivity contribution < 1.29 is 22.6 Å². The summed E-state index contributed by atoms with van der Waals surface area (Å²) in [6.45, 7) is 6.12. The van der Waals surface area contributed by atoms with Crippen molar-refractivity contribution in [3.63, 3.8) is 0 Å². The normalized spacial score (nSPS) is 11.0. The predicted molar refractivity (Wildman–Crippen MR) is 135 cm³/mol. The lowest BCUT2D eigenvalue weighted by Crippen LogP contribution is -1.97. The molecule has 7 heteroatoms. The minimum atomic E-state index is -0.954. The lowest BCUT2D eigenvalue weighted by Gasteiger charge is -2.08. The second-order valence-corrected chi connectivity index (χ2v) is 7.71. The maximum Gasteiger partial charge on any atom is 0.167 e. The molecule has 0 saturated carbocycles. The van der Waals surface area contributed by atoms with E-state index in [1.807, 2.05) is 6.92 Å². The van der Waals surface area contributed by atoms with Crippen molar-refractivity contribution in [3.8, 4) is 34.0 Å². The Morgan fingerprint density at radius 1 is 0.833 bits per heavy atom. The Labute approximate surface area is 207 Å². The number of hydrogen-bond acceptors (Lipinski definition) is 4. The van der Waals surface area contributed by atoms with E-state index in [4.69, 9.17) is 9.47 Å². The molecule has 1 heterocycles. The van der Waals surface area contributed by atoms with E-state index < -0.39 is 17.5 Å². The molecular weight excluding hydrogens is 465 g/mol. The predicted octanol–water partition coefficient (Wildman–Crippen LogP) is 7.36. The molecule has 4 nitrogen and oxygen atoms in total. The summed E-state index contributed by atoms with van der Waals surface area (Å²) in [4.78, 5) is 8.49. The number of aromatic nitrogens is 2. The van der Waals surface area contributed by atoms with Crippen LogP contribution in [0.4, 0.5) is 13.2 Å². The first-order chi connectivity index (χ1) is 17.5. The molecular formula is C29H23F3N2O2. The van der Waals surface area contributed by atoms with E-state index in [1.165, 1.54) is 48.8 Å². The average Bonchev–Trinajstić information content (AvgIpc) is 2.90. The molecule has 36 heavy (non-hydrogen) atoms. The summed E-state index contributed by atoms with van der Waals surface area (Å²) >= 11 is 0. The fraction of sp³-hybridized carbons (Fsp3) is 0.103. The topological polar surface area (TPSA) is 44.2 Å². The van der Waals surface area contributed by atoms with Crippen molar-refractivity contribution >= 4 is 12.2 Å². The van der Waals surface area contributed by atoms with Gasteiger partial charge in [-0.05, 0) is 42.8 Å². The van der Waals surface area contributed by atoms with E-state index in [0.29, 0.717) is 34.9 Å². The van der Waals surface area contributed by atoms with E-state index in [9.17, 15) is 13.2 Å². The Hall–Kier alpha value is -4.39. The van der Waals surface area contributed by atoms with Gasteiger partial charge in [-0.1, -0.05) is 49.1 Å². The van der Waals surface area contributed by atoms with E-state index in [0.717, 1.165) is 0 Å². The maximum absolute atomic E-state index is 14.8. The maximum atomic E-state index is 14.8. The van der Waals surface area contributed by atoms with Crippen LogP contribution in [0.5, 0.6) is 11.5 Å². The number of halogens is 3. The highest BCUT2D eigenvalue weighted by molar-refractivity contribution is 5.73. The third-order valence-electron chi connectivity index (χ3n) is 5.26. The van der Waals surface area contributed by atoms with Crippen LogP contribution < -0.4 is 9.47 Å². The standard InChI is InChI=1S/C29H23F3N2O2/c1-3-15-36-26-14-10-22(16-25(26)30)29-33-17-19(18-34-29)5-6-21-9-13-24(28(32)27(21)31)20-7-11-23(12-8-20)35-4-2/h3,5-14,16-18H,1,4,15H2,2H3/b6-5+. The van der Waals surface area contributed by atoms with Crippen molar-refractivity contribution in [2.24, 2.45) is 0 Å². The molecule has 0 bridgehead atoms. The van der Waals surface area contributed by atoms with Crippen molar-refractivity contribution in [1.82, 2.24) is 9.97 Å². The highest BCUT2D eigenvalue weighted by atomic mass is 19.2. The number of hydrogen-bond donors (Lipinski definition) is 0. The summed E-state index contributed by atoms with van der Waals surface area (Å²) < 4.78 is 54.4. The van der Waals surface area contributed by atoms with Gasteiger partial charge in [-0.15, -0.1) is 0 Å². The molecule has 4 rings (SSSR count). The molecule has 0 amide bonds. The molecule has 4 aromatic rings. The second kappa shape index (κ2) is 11.4. The van der Waals surface area contributed by atoms with E-state index in [2.05, 4.69) is 16.5 Å². The van der Waals surface area contributed by atoms with Gasteiger partial charge in [0, 0.05) is 34.6 Å². The van der Waals surface area contributed by atoms with Crippen LogP contribution in [-0.4, -0.2) is 23.2 Å². The Balaban J connectivity index is 1.49. The van der Waals surface area contributed by atoms with E-state index in [-0.39, 0.29) is 23.5 Å². The molecule has 0 aliphatic carbocycles. The van der Waals surface area contributed by atoms with Crippen LogP contribution in [-0.2, 0) is 0 Å². The van der Waals surface area contributed by atoms with Gasteiger partial charge in [0.25, 0.3) is 0 Å². The molecule has 1 aromatic heterocycles. The van der Waals surface area contributed by atoms with Gasteiger partial charge in [0.1, 0.15) is 12.4 Å². The van der Waals surface area contributed by atoms with Gasteiger partial charge in [-0.2, -0.15) is 0 Å². The minimum Gasteiger partial charge on any atom is -0.494 e. The lowest BCUT2D eigenvalue weighted by molar-refractivity contribution is 0.340. The first-order valence-corrected chi connectivity index (χ1v) is 11.2. The number of rotatable bonds is 9. The molecule has 0 fully saturated rings. The van der Waals surface area contributed by atoms with E-state index in [1.54, 1.807) is 36.4 Å². The molecule has 0 N–H and O–H groups in total. The third-order valence-corrected chi connectivity index (χ3v) is 5.26. The van der Waals surface area contributed by atoms with Crippen LogP contribution in [0.2, 0.25) is 0 Å². The number of ether oxygens (including phenoxy) is 2. The largest absolute Gasteiger partial charge is 0.494 e. The molecule has 0 spiro atoms. The number of nitrogens with zero attached hydrogens (tertiary/aromatic N) is 2. The lowest BCUT2D eigenvalue weighted by atomic mass is 10.0. The molecule has 3 aromatic carbocycles. The first kappa shape index (κ1) is 24.7. The Bertz CT molecular complexity index is 1390. The van der Waals surface area contributed by atoms with Crippen molar-refractivity contribution in [1.29, 1.82) is 0 Å². The fourth-order valence-corrected chi connectivity index (χ4v) is 3.48. The summed E-state index contributed by atoms with van der Waals surface area (Å²) in [5.74, 6) is -1.33. The SMILES string of the molecule is C=CCOc1ccc(-c2ncc(/C=C/c3ccc(-c4ccc(OCC)cc4)c(F)c3F)cn2)cc1F. The summed E-state index contributed by atoms with van der Waals surface area (Å²) in [5.41, 5.74) is 1.84. The zero-order chi connectivity index (χ0) is 25.5. The van der Waals surface area contributed by atoms with Crippen LogP contribution in [0, 0.1) is 17.5 Å². The minimum absolute atomic E-state index is 0.0865. The molecule has 0 aliphatic heterocycles. The molecule has 0 atom stereocenters. The van der Waals surface area contributed by atoms with Gasteiger partial charge < -0.3 is 9.47 Å².